The summed E-state index contributed by atoms with van der Waals surface area (Å²) < 4.78 is 13.0. The minimum Gasteiger partial charge on any atom is -0.368 e. The Kier molecular flexibility index (Phi) is 5.50. The van der Waals surface area contributed by atoms with E-state index >= 15 is 0 Å². The number of carbonyl (C=O) groups is 2. The number of nitrogens with two attached hydrogens (primary N) is 1. The molecule has 0 spiro atoms. The van der Waals surface area contributed by atoms with Crippen LogP contribution in [0.15, 0.2) is 24.3 Å². The first-order valence-electron chi connectivity index (χ1n) is 8.59. The summed E-state index contributed by atoms with van der Waals surface area (Å²) in [4.78, 5) is 28.0. The first kappa shape index (κ1) is 17.6. The number of piperazine rings is 1. The third-order valence-electron chi connectivity index (χ3n) is 4.76. The van der Waals surface area contributed by atoms with Gasteiger partial charge in [0.2, 0.25) is 11.8 Å². The summed E-state index contributed by atoms with van der Waals surface area (Å²) in [6.07, 6.45) is 0.586. The van der Waals surface area contributed by atoms with Gasteiger partial charge in [0.15, 0.2) is 0 Å². The third kappa shape index (κ3) is 4.26. The molecule has 2 atom stereocenters. The van der Waals surface area contributed by atoms with Gasteiger partial charge in [0, 0.05) is 44.5 Å². The van der Waals surface area contributed by atoms with Crippen molar-refractivity contribution in [1.29, 1.82) is 0 Å². The largest absolute Gasteiger partial charge is 0.368 e. The highest BCUT2D eigenvalue weighted by molar-refractivity contribution is 5.83. The molecule has 1 aromatic rings. The summed E-state index contributed by atoms with van der Waals surface area (Å²) in [5.41, 5.74) is 6.27. The fourth-order valence-electron chi connectivity index (χ4n) is 3.38. The molecule has 7 nitrogen and oxygen atoms in total. The molecular weight excluding hydrogens is 325 g/mol. The highest BCUT2D eigenvalue weighted by Gasteiger charge is 2.34. The first-order chi connectivity index (χ1) is 12.1. The van der Waals surface area contributed by atoms with E-state index in [0.717, 1.165) is 18.8 Å². The summed E-state index contributed by atoms with van der Waals surface area (Å²) in [6, 6.07) is 6.11. The van der Waals surface area contributed by atoms with Crippen molar-refractivity contribution >= 4 is 17.5 Å². The average molecular weight is 349 g/mol. The van der Waals surface area contributed by atoms with Gasteiger partial charge >= 0.3 is 0 Å². The Morgan fingerprint density at radius 1 is 1.20 bits per heavy atom. The number of carbonyl (C=O) groups excluding carboxylic acids is 2. The van der Waals surface area contributed by atoms with Gasteiger partial charge in [-0.3, -0.25) is 9.59 Å². The zero-order valence-electron chi connectivity index (χ0n) is 14.1. The van der Waals surface area contributed by atoms with E-state index in [4.69, 9.17) is 5.73 Å². The van der Waals surface area contributed by atoms with Crippen LogP contribution in [0.5, 0.6) is 0 Å². The van der Waals surface area contributed by atoms with Crippen molar-refractivity contribution in [1.82, 2.24) is 15.5 Å². The predicted molar refractivity (Wildman–Crippen MR) is 92.6 cm³/mol. The van der Waals surface area contributed by atoms with Crippen LogP contribution in [0.3, 0.4) is 0 Å². The van der Waals surface area contributed by atoms with Crippen molar-refractivity contribution in [3.8, 4) is 0 Å². The van der Waals surface area contributed by atoms with Crippen LogP contribution in [-0.4, -0.2) is 68.1 Å². The van der Waals surface area contributed by atoms with Crippen LogP contribution in [0, 0.1) is 5.82 Å². The number of benzene rings is 1. The number of anilines is 1. The van der Waals surface area contributed by atoms with E-state index in [1.54, 1.807) is 12.1 Å². The number of rotatable bonds is 4. The topological polar surface area (TPSA) is 90.7 Å². The van der Waals surface area contributed by atoms with Crippen LogP contribution in [-0.2, 0) is 9.59 Å². The van der Waals surface area contributed by atoms with Gasteiger partial charge in [0.05, 0.1) is 12.6 Å². The molecular formula is C17H24FN5O2. The van der Waals surface area contributed by atoms with Gasteiger partial charge < -0.3 is 26.2 Å². The van der Waals surface area contributed by atoms with Crippen molar-refractivity contribution in [2.45, 2.75) is 18.5 Å². The molecule has 0 saturated carbocycles. The van der Waals surface area contributed by atoms with E-state index in [1.165, 1.54) is 12.1 Å². The Morgan fingerprint density at radius 3 is 2.52 bits per heavy atom. The molecule has 4 N–H and O–H groups in total. The smallest absolute Gasteiger partial charge is 0.239 e. The molecule has 25 heavy (non-hydrogen) atoms. The lowest BCUT2D eigenvalue weighted by atomic mass is 10.1. The highest BCUT2D eigenvalue weighted by atomic mass is 19.1. The summed E-state index contributed by atoms with van der Waals surface area (Å²) in [5, 5.41) is 5.99. The predicted octanol–water partition coefficient (Wildman–Crippen LogP) is -0.720. The second-order valence-corrected chi connectivity index (χ2v) is 6.45. The van der Waals surface area contributed by atoms with Crippen molar-refractivity contribution in [3.63, 3.8) is 0 Å². The average Bonchev–Trinajstić information content (AvgIpc) is 3.10. The molecule has 2 saturated heterocycles. The normalized spacial score (nSPS) is 23.6. The maximum Gasteiger partial charge on any atom is 0.239 e. The molecule has 2 fully saturated rings. The first-order valence-corrected chi connectivity index (χ1v) is 8.59. The lowest BCUT2D eigenvalue weighted by molar-refractivity contribution is -0.133. The number of nitrogens with one attached hydrogen (secondary N) is 2. The van der Waals surface area contributed by atoms with Gasteiger partial charge in [-0.15, -0.1) is 0 Å². The molecule has 1 aromatic carbocycles. The number of amides is 2. The van der Waals surface area contributed by atoms with Crippen LogP contribution < -0.4 is 21.3 Å². The molecule has 0 aliphatic carbocycles. The molecule has 0 bridgehead atoms. The van der Waals surface area contributed by atoms with E-state index < -0.39 is 0 Å². The molecule has 3 rings (SSSR count). The number of hydrogen-bond acceptors (Lipinski definition) is 5. The second kappa shape index (κ2) is 7.79. The van der Waals surface area contributed by atoms with E-state index in [1.807, 2.05) is 4.90 Å². The van der Waals surface area contributed by atoms with Crippen molar-refractivity contribution < 1.29 is 14.0 Å². The Balaban J connectivity index is 1.48. The highest BCUT2D eigenvalue weighted by Crippen LogP contribution is 2.18. The maximum atomic E-state index is 13.0. The minimum atomic E-state index is -0.263. The zero-order chi connectivity index (χ0) is 17.8. The molecule has 8 heteroatoms. The molecule has 2 aliphatic heterocycles. The minimum absolute atomic E-state index is 0.0412. The number of nitrogens with zero attached hydrogens (tertiary/aromatic N) is 2. The van der Waals surface area contributed by atoms with Gasteiger partial charge in [0.25, 0.3) is 0 Å². The molecule has 0 radical (unpaired) electrons. The van der Waals surface area contributed by atoms with Crippen LogP contribution >= 0.6 is 0 Å². The van der Waals surface area contributed by atoms with E-state index in [2.05, 4.69) is 15.5 Å². The summed E-state index contributed by atoms with van der Waals surface area (Å²) in [5.74, 6) is -0.378. The lowest BCUT2D eigenvalue weighted by Crippen LogP contribution is -2.53. The number of hydrogen-bond donors (Lipinski definition) is 3. The van der Waals surface area contributed by atoms with Crippen molar-refractivity contribution in [3.05, 3.63) is 30.1 Å². The Morgan fingerprint density at radius 2 is 1.88 bits per heavy atom. The molecule has 2 heterocycles. The van der Waals surface area contributed by atoms with Gasteiger partial charge in [-0.05, 0) is 30.7 Å². The van der Waals surface area contributed by atoms with E-state index in [9.17, 15) is 14.0 Å². The van der Waals surface area contributed by atoms with E-state index in [-0.39, 0.29) is 36.3 Å². The monoisotopic (exact) mass is 349 g/mol. The molecule has 136 valence electrons. The van der Waals surface area contributed by atoms with Crippen LogP contribution in [0.1, 0.15) is 6.42 Å². The second-order valence-electron chi connectivity index (χ2n) is 6.45. The zero-order valence-corrected chi connectivity index (χ0v) is 14.1. The van der Waals surface area contributed by atoms with Crippen LogP contribution in [0.25, 0.3) is 0 Å². The number of halogens is 1. The lowest BCUT2D eigenvalue weighted by Gasteiger charge is -2.37. The Hall–Kier alpha value is -2.19. The van der Waals surface area contributed by atoms with Gasteiger partial charge in [-0.1, -0.05) is 0 Å². The SMILES string of the molecule is NCC(=O)NC1CN[C@H](C(=O)N2CCN(c3ccc(F)cc3)CC2)C1. The maximum absolute atomic E-state index is 13.0. The molecule has 2 aliphatic rings. The van der Waals surface area contributed by atoms with Crippen molar-refractivity contribution in [2.75, 3.05) is 44.2 Å². The van der Waals surface area contributed by atoms with Crippen molar-refractivity contribution in [2.24, 2.45) is 5.73 Å². The van der Waals surface area contributed by atoms with Gasteiger partial charge in [0.1, 0.15) is 5.82 Å². The fourth-order valence-corrected chi connectivity index (χ4v) is 3.38. The standard InChI is InChI=1S/C17H24FN5O2/c18-12-1-3-14(4-2-12)22-5-7-23(8-6-22)17(25)15-9-13(11-20-15)21-16(24)10-19/h1-4,13,15,20H,5-11,19H2,(H,21,24)/t13?,15-/m0/s1. The third-order valence-corrected chi connectivity index (χ3v) is 4.76. The van der Waals surface area contributed by atoms with Gasteiger partial charge in [-0.2, -0.15) is 0 Å². The van der Waals surface area contributed by atoms with Crippen LogP contribution in [0.2, 0.25) is 0 Å². The molecule has 0 aromatic heterocycles. The van der Waals surface area contributed by atoms with Crippen LogP contribution in [0.4, 0.5) is 10.1 Å². The summed E-state index contributed by atoms with van der Waals surface area (Å²) in [7, 11) is 0. The van der Waals surface area contributed by atoms with E-state index in [0.29, 0.717) is 26.1 Å². The molecule has 2 amide bonds. The fraction of sp³-hybridized carbons (Fsp3) is 0.529. The quantitative estimate of drug-likeness (QED) is 0.667. The molecule has 1 unspecified atom stereocenters. The Bertz CT molecular complexity index is 616. The Labute approximate surface area is 146 Å². The summed E-state index contributed by atoms with van der Waals surface area (Å²) >= 11 is 0. The van der Waals surface area contributed by atoms with Gasteiger partial charge in [-0.25, -0.2) is 4.39 Å². The summed E-state index contributed by atoms with van der Waals surface area (Å²) in [6.45, 7) is 3.25.